The highest BCUT2D eigenvalue weighted by molar-refractivity contribution is 5.79. The monoisotopic (exact) mass is 481 g/mol. The summed E-state index contributed by atoms with van der Waals surface area (Å²) >= 11 is 0. The van der Waals surface area contributed by atoms with E-state index in [-0.39, 0.29) is 11.8 Å². The molecule has 0 radical (unpaired) electrons. The van der Waals surface area contributed by atoms with Gasteiger partial charge in [-0.1, -0.05) is 11.2 Å². The normalized spacial score (nSPS) is 15.4. The number of carbonyl (C=O) groups is 1. The van der Waals surface area contributed by atoms with Gasteiger partial charge in [0.1, 0.15) is 11.5 Å². The zero-order chi connectivity index (χ0) is 24.8. The van der Waals surface area contributed by atoms with Gasteiger partial charge in [-0.05, 0) is 50.1 Å². The average Bonchev–Trinajstić information content (AvgIpc) is 3.51. The number of hydrogen-bond acceptors (Lipinski definition) is 8. The predicted molar refractivity (Wildman–Crippen MR) is 129 cm³/mol. The molecule has 4 rings (SSSR count). The van der Waals surface area contributed by atoms with Crippen LogP contribution in [-0.4, -0.2) is 61.5 Å². The van der Waals surface area contributed by atoms with E-state index in [4.69, 9.17) is 23.5 Å². The molecule has 1 aliphatic heterocycles. The second kappa shape index (κ2) is 11.1. The van der Waals surface area contributed by atoms with Gasteiger partial charge in [-0.3, -0.25) is 4.79 Å². The third kappa shape index (κ3) is 5.67. The third-order valence-electron chi connectivity index (χ3n) is 5.89. The summed E-state index contributed by atoms with van der Waals surface area (Å²) in [5, 5.41) is 4.12. The second-order valence-corrected chi connectivity index (χ2v) is 8.20. The fourth-order valence-electron chi connectivity index (χ4n) is 4.12. The van der Waals surface area contributed by atoms with Crippen molar-refractivity contribution in [3.63, 3.8) is 0 Å². The highest BCUT2D eigenvalue weighted by Crippen LogP contribution is 2.32. The van der Waals surface area contributed by atoms with Gasteiger partial charge in [0.15, 0.2) is 11.5 Å². The Morgan fingerprint density at radius 3 is 2.40 bits per heavy atom. The summed E-state index contributed by atoms with van der Waals surface area (Å²) in [5.41, 5.74) is 1.80. The number of benzene rings is 2. The predicted octanol–water partition coefficient (Wildman–Crippen LogP) is 4.11. The molecule has 1 unspecified atom stereocenters. The van der Waals surface area contributed by atoms with Crippen LogP contribution in [0.4, 0.5) is 0 Å². The molecule has 1 aromatic heterocycles. The number of hydrogen-bond donors (Lipinski definition) is 0. The van der Waals surface area contributed by atoms with E-state index in [0.717, 1.165) is 22.6 Å². The summed E-state index contributed by atoms with van der Waals surface area (Å²) in [5.74, 6) is 3.55. The summed E-state index contributed by atoms with van der Waals surface area (Å²) in [4.78, 5) is 19.1. The fraction of sp³-hybridized carbons (Fsp3) is 0.423. The Kier molecular flexibility index (Phi) is 7.74. The lowest BCUT2D eigenvalue weighted by Crippen LogP contribution is -2.27. The van der Waals surface area contributed by atoms with Crippen molar-refractivity contribution in [2.75, 3.05) is 40.5 Å². The van der Waals surface area contributed by atoms with Gasteiger partial charge in [-0.2, -0.15) is 4.98 Å². The van der Waals surface area contributed by atoms with Crippen LogP contribution in [0.2, 0.25) is 0 Å². The van der Waals surface area contributed by atoms with Crippen LogP contribution in [0.1, 0.15) is 37.6 Å². The molecule has 1 amide bonds. The van der Waals surface area contributed by atoms with Crippen molar-refractivity contribution >= 4 is 5.91 Å². The standard InChI is InChI=1S/C26H31N3O6/c1-5-33-22-8-7-17(11-23(22)34-6-2)9-10-29-16-19(14-24(29)30)26-27-25(28-35-26)18-12-20(31-3)15-21(13-18)32-4/h7-8,11-13,15,19H,5-6,9-10,14,16H2,1-4H3. The minimum absolute atomic E-state index is 0.0776. The van der Waals surface area contributed by atoms with E-state index >= 15 is 0 Å². The average molecular weight is 482 g/mol. The maximum Gasteiger partial charge on any atom is 0.232 e. The smallest absolute Gasteiger partial charge is 0.232 e. The number of carbonyl (C=O) groups excluding carboxylic acids is 1. The van der Waals surface area contributed by atoms with Crippen LogP contribution >= 0.6 is 0 Å². The first-order valence-corrected chi connectivity index (χ1v) is 11.8. The lowest BCUT2D eigenvalue weighted by molar-refractivity contribution is -0.127. The molecule has 1 saturated heterocycles. The quantitative estimate of drug-likeness (QED) is 0.404. The zero-order valence-electron chi connectivity index (χ0n) is 20.6. The Balaban J connectivity index is 1.41. The van der Waals surface area contributed by atoms with Gasteiger partial charge in [0.05, 0.1) is 33.4 Å². The second-order valence-electron chi connectivity index (χ2n) is 8.20. The molecule has 186 valence electrons. The first-order valence-electron chi connectivity index (χ1n) is 11.8. The van der Waals surface area contributed by atoms with Crippen molar-refractivity contribution in [2.24, 2.45) is 0 Å². The van der Waals surface area contributed by atoms with Crippen LogP contribution in [0.3, 0.4) is 0 Å². The summed E-state index contributed by atoms with van der Waals surface area (Å²) in [7, 11) is 3.17. The molecule has 0 saturated carbocycles. The van der Waals surface area contributed by atoms with E-state index in [9.17, 15) is 4.79 Å². The molecule has 0 spiro atoms. The first-order chi connectivity index (χ1) is 17.0. The minimum Gasteiger partial charge on any atom is -0.497 e. The Morgan fingerprint density at radius 2 is 1.71 bits per heavy atom. The van der Waals surface area contributed by atoms with Crippen LogP contribution < -0.4 is 18.9 Å². The molecule has 35 heavy (non-hydrogen) atoms. The number of methoxy groups -OCH3 is 2. The summed E-state index contributed by atoms with van der Waals surface area (Å²) in [6, 6.07) is 11.3. The maximum absolute atomic E-state index is 12.7. The van der Waals surface area contributed by atoms with Gasteiger partial charge >= 0.3 is 0 Å². The largest absolute Gasteiger partial charge is 0.497 e. The molecule has 0 aliphatic carbocycles. The van der Waals surface area contributed by atoms with Gasteiger partial charge in [0.2, 0.25) is 17.6 Å². The van der Waals surface area contributed by atoms with Crippen molar-refractivity contribution in [3.05, 3.63) is 47.9 Å². The van der Waals surface area contributed by atoms with Crippen molar-refractivity contribution in [3.8, 4) is 34.4 Å². The van der Waals surface area contributed by atoms with Crippen molar-refractivity contribution in [1.82, 2.24) is 15.0 Å². The van der Waals surface area contributed by atoms with E-state index in [0.29, 0.717) is 62.4 Å². The van der Waals surface area contributed by atoms with Gasteiger partial charge in [-0.15, -0.1) is 0 Å². The molecule has 1 aliphatic rings. The molecular weight excluding hydrogens is 450 g/mol. The molecule has 1 atom stereocenters. The van der Waals surface area contributed by atoms with Crippen molar-refractivity contribution in [1.29, 1.82) is 0 Å². The molecular formula is C26H31N3O6. The van der Waals surface area contributed by atoms with E-state index < -0.39 is 0 Å². The van der Waals surface area contributed by atoms with Crippen LogP contribution in [0, 0.1) is 0 Å². The van der Waals surface area contributed by atoms with Gasteiger partial charge < -0.3 is 28.4 Å². The summed E-state index contributed by atoms with van der Waals surface area (Å²) in [6.45, 7) is 6.16. The van der Waals surface area contributed by atoms with E-state index in [2.05, 4.69) is 10.1 Å². The number of nitrogens with zero attached hydrogens (tertiary/aromatic N) is 3. The Labute approximate surface area is 204 Å². The SMILES string of the molecule is CCOc1ccc(CCN2CC(c3nc(-c4cc(OC)cc(OC)c4)no3)CC2=O)cc1OCC. The maximum atomic E-state index is 12.7. The van der Waals surface area contributed by atoms with Crippen LogP contribution in [-0.2, 0) is 11.2 Å². The number of rotatable bonds is 11. The van der Waals surface area contributed by atoms with E-state index in [1.165, 1.54) is 0 Å². The number of amides is 1. The first kappa shape index (κ1) is 24.4. The van der Waals surface area contributed by atoms with Crippen LogP contribution in [0.25, 0.3) is 11.4 Å². The molecule has 9 heteroatoms. The molecule has 2 heterocycles. The van der Waals surface area contributed by atoms with Crippen LogP contribution in [0.15, 0.2) is 40.9 Å². The fourth-order valence-corrected chi connectivity index (χ4v) is 4.12. The highest BCUT2D eigenvalue weighted by Gasteiger charge is 2.34. The van der Waals surface area contributed by atoms with Gasteiger partial charge in [-0.25, -0.2) is 0 Å². The summed E-state index contributed by atoms with van der Waals surface area (Å²) < 4.78 is 27.5. The summed E-state index contributed by atoms with van der Waals surface area (Å²) in [6.07, 6.45) is 1.06. The number of likely N-dealkylation sites (tertiary alicyclic amines) is 1. The third-order valence-corrected chi connectivity index (χ3v) is 5.89. The van der Waals surface area contributed by atoms with Crippen molar-refractivity contribution < 1.29 is 28.3 Å². The highest BCUT2D eigenvalue weighted by atomic mass is 16.5. The Hall–Kier alpha value is -3.75. The minimum atomic E-state index is -0.143. The number of ether oxygens (including phenoxy) is 4. The van der Waals surface area contributed by atoms with Gasteiger partial charge in [0.25, 0.3) is 0 Å². The lowest BCUT2D eigenvalue weighted by Gasteiger charge is -2.17. The molecule has 3 aromatic rings. The Morgan fingerprint density at radius 1 is 1.00 bits per heavy atom. The Bertz CT molecular complexity index is 1140. The lowest BCUT2D eigenvalue weighted by atomic mass is 10.1. The van der Waals surface area contributed by atoms with E-state index in [1.54, 1.807) is 20.3 Å². The van der Waals surface area contributed by atoms with E-state index in [1.807, 2.05) is 49.1 Å². The number of aromatic nitrogens is 2. The zero-order valence-corrected chi connectivity index (χ0v) is 20.6. The molecule has 0 N–H and O–H groups in total. The van der Waals surface area contributed by atoms with Gasteiger partial charge in [0, 0.05) is 31.1 Å². The van der Waals surface area contributed by atoms with Crippen molar-refractivity contribution in [2.45, 2.75) is 32.6 Å². The topological polar surface area (TPSA) is 96.2 Å². The van der Waals surface area contributed by atoms with Crippen LogP contribution in [0.5, 0.6) is 23.0 Å². The molecule has 1 fully saturated rings. The molecule has 9 nitrogen and oxygen atoms in total. The molecule has 0 bridgehead atoms. The molecule has 2 aromatic carbocycles.